The van der Waals surface area contributed by atoms with Gasteiger partial charge in [0, 0.05) is 17.5 Å². The van der Waals surface area contributed by atoms with E-state index in [1.54, 1.807) is 12.1 Å². The summed E-state index contributed by atoms with van der Waals surface area (Å²) in [4.78, 5) is 14.3. The average Bonchev–Trinajstić information content (AvgIpc) is 3.17. The van der Waals surface area contributed by atoms with Crippen molar-refractivity contribution in [2.24, 2.45) is 0 Å². The van der Waals surface area contributed by atoms with Crippen molar-refractivity contribution in [3.8, 4) is 5.75 Å². The van der Waals surface area contributed by atoms with E-state index < -0.39 is 0 Å². The molecule has 0 unspecified atom stereocenters. The Kier molecular flexibility index (Phi) is 8.84. The molecule has 168 valence electrons. The molecular formula is C26H36N2O3. The van der Waals surface area contributed by atoms with Crippen LogP contribution in [0.1, 0.15) is 55.5 Å². The van der Waals surface area contributed by atoms with Crippen LogP contribution in [-0.2, 0) is 32.1 Å². The summed E-state index contributed by atoms with van der Waals surface area (Å²) in [6.07, 6.45) is 5.25. The zero-order chi connectivity index (χ0) is 21.7. The number of nitrogens with one attached hydrogen (secondary N) is 2. The largest absolute Gasteiger partial charge is 0.506 e. The summed E-state index contributed by atoms with van der Waals surface area (Å²) in [6.45, 7) is 9.35. The SMILES string of the molecule is CC.CCc1cc2c(cc1CC)CC(NCCc1ccc(O)c3[nH]c(=O)ccc13)C2.O. The van der Waals surface area contributed by atoms with Gasteiger partial charge in [-0.1, -0.05) is 45.9 Å². The van der Waals surface area contributed by atoms with Gasteiger partial charge in [0.2, 0.25) is 5.56 Å². The third-order valence-electron chi connectivity index (χ3n) is 6.01. The van der Waals surface area contributed by atoms with Crippen molar-refractivity contribution < 1.29 is 10.6 Å². The van der Waals surface area contributed by atoms with Crippen LogP contribution in [-0.4, -0.2) is 28.2 Å². The topological polar surface area (TPSA) is 96.6 Å². The summed E-state index contributed by atoms with van der Waals surface area (Å²) < 4.78 is 0. The molecule has 0 bridgehead atoms. The molecule has 1 aliphatic carbocycles. The maximum atomic E-state index is 11.6. The van der Waals surface area contributed by atoms with Crippen LogP contribution in [0.2, 0.25) is 0 Å². The Labute approximate surface area is 184 Å². The lowest BCUT2D eigenvalue weighted by Gasteiger charge is -2.13. The van der Waals surface area contributed by atoms with E-state index in [2.05, 4.69) is 36.3 Å². The van der Waals surface area contributed by atoms with Gasteiger partial charge in [-0.2, -0.15) is 0 Å². The number of pyridine rings is 1. The molecule has 0 saturated heterocycles. The molecule has 0 aliphatic heterocycles. The number of aromatic amines is 1. The first-order chi connectivity index (χ1) is 14.6. The number of aryl methyl sites for hydroxylation is 2. The highest BCUT2D eigenvalue weighted by atomic mass is 16.3. The van der Waals surface area contributed by atoms with Crippen molar-refractivity contribution in [2.75, 3.05) is 6.54 Å². The van der Waals surface area contributed by atoms with Gasteiger partial charge in [-0.3, -0.25) is 4.79 Å². The van der Waals surface area contributed by atoms with Gasteiger partial charge >= 0.3 is 0 Å². The van der Waals surface area contributed by atoms with Crippen molar-refractivity contribution in [3.63, 3.8) is 0 Å². The summed E-state index contributed by atoms with van der Waals surface area (Å²) in [5.41, 5.74) is 7.45. The fourth-order valence-electron chi connectivity index (χ4n) is 4.50. The number of phenols is 1. The van der Waals surface area contributed by atoms with Crippen molar-refractivity contribution in [2.45, 2.75) is 65.8 Å². The van der Waals surface area contributed by atoms with Crippen LogP contribution in [0.4, 0.5) is 0 Å². The summed E-state index contributed by atoms with van der Waals surface area (Å²) in [6, 6.07) is 12.2. The van der Waals surface area contributed by atoms with E-state index in [0.29, 0.717) is 11.6 Å². The Morgan fingerprint density at radius 3 is 2.16 bits per heavy atom. The minimum atomic E-state index is -0.195. The zero-order valence-corrected chi connectivity index (χ0v) is 19.1. The Bertz CT molecular complexity index is 1040. The van der Waals surface area contributed by atoms with Gasteiger partial charge in [-0.05, 0) is 78.6 Å². The van der Waals surface area contributed by atoms with Gasteiger partial charge in [0.1, 0.15) is 5.75 Å². The van der Waals surface area contributed by atoms with Crippen LogP contribution in [0, 0.1) is 0 Å². The lowest BCUT2D eigenvalue weighted by atomic mass is 9.97. The minimum Gasteiger partial charge on any atom is -0.506 e. The van der Waals surface area contributed by atoms with E-state index in [9.17, 15) is 9.90 Å². The molecule has 1 aromatic heterocycles. The first kappa shape index (κ1) is 24.6. The van der Waals surface area contributed by atoms with Crippen molar-refractivity contribution in [1.29, 1.82) is 0 Å². The molecule has 5 heteroatoms. The van der Waals surface area contributed by atoms with Gasteiger partial charge in [0.05, 0.1) is 5.52 Å². The number of H-pyrrole nitrogens is 1. The van der Waals surface area contributed by atoms with Gasteiger partial charge in [-0.25, -0.2) is 0 Å². The van der Waals surface area contributed by atoms with Gasteiger partial charge in [-0.15, -0.1) is 0 Å². The molecule has 0 saturated carbocycles. The Hall–Kier alpha value is -2.63. The molecule has 2 aromatic carbocycles. The summed E-state index contributed by atoms with van der Waals surface area (Å²) in [5, 5.41) is 14.6. The first-order valence-corrected chi connectivity index (χ1v) is 11.3. The predicted octanol–water partition coefficient (Wildman–Crippen LogP) is 3.86. The zero-order valence-electron chi connectivity index (χ0n) is 19.1. The smallest absolute Gasteiger partial charge is 0.248 e. The highest BCUT2D eigenvalue weighted by molar-refractivity contribution is 5.87. The van der Waals surface area contributed by atoms with Crippen LogP contribution in [0.5, 0.6) is 5.75 Å². The number of hydrogen-bond donors (Lipinski definition) is 3. The molecule has 5 nitrogen and oxygen atoms in total. The molecule has 0 atom stereocenters. The minimum absolute atomic E-state index is 0. The summed E-state index contributed by atoms with van der Waals surface area (Å²) in [7, 11) is 0. The third kappa shape index (κ3) is 5.35. The predicted molar refractivity (Wildman–Crippen MR) is 129 cm³/mol. The first-order valence-electron chi connectivity index (χ1n) is 11.3. The van der Waals surface area contributed by atoms with Crippen molar-refractivity contribution >= 4 is 10.9 Å². The van der Waals surface area contributed by atoms with Crippen LogP contribution in [0.15, 0.2) is 41.2 Å². The number of rotatable bonds is 6. The molecule has 1 aliphatic rings. The molecule has 3 aromatic rings. The second-order valence-corrected chi connectivity index (χ2v) is 7.76. The van der Waals surface area contributed by atoms with Gasteiger partial charge in [0.15, 0.2) is 0 Å². The monoisotopic (exact) mass is 424 g/mol. The average molecular weight is 425 g/mol. The fraction of sp³-hybridized carbons (Fsp3) is 0.423. The van der Waals surface area contributed by atoms with E-state index in [4.69, 9.17) is 0 Å². The molecule has 0 radical (unpaired) electrons. The van der Waals surface area contributed by atoms with E-state index >= 15 is 0 Å². The number of fused-ring (bicyclic) bond motifs is 2. The van der Waals surface area contributed by atoms with Gasteiger partial charge in [0.25, 0.3) is 0 Å². The fourth-order valence-corrected chi connectivity index (χ4v) is 4.50. The standard InChI is InChI=1S/C24H28N2O2.C2H6.H2O/c1-3-15-11-18-13-20(14-19(18)12-16(15)4-2)25-10-9-17-5-7-22(27)24-21(17)6-8-23(28)26-24;1-2;/h5-8,11-12,20,25,27H,3-4,9-10,13-14H2,1-2H3,(H,26,28);1-2H3;1H2. The molecule has 5 N–H and O–H groups in total. The van der Waals surface area contributed by atoms with E-state index in [-0.39, 0.29) is 16.8 Å². The number of hydrogen-bond acceptors (Lipinski definition) is 3. The van der Waals surface area contributed by atoms with E-state index in [1.165, 1.54) is 28.3 Å². The van der Waals surface area contributed by atoms with Crippen LogP contribution in [0.3, 0.4) is 0 Å². The maximum Gasteiger partial charge on any atom is 0.248 e. The molecular weight excluding hydrogens is 388 g/mol. The lowest BCUT2D eigenvalue weighted by molar-refractivity contribution is 0.480. The van der Waals surface area contributed by atoms with Crippen molar-refractivity contribution in [3.05, 3.63) is 74.6 Å². The Morgan fingerprint density at radius 1 is 0.968 bits per heavy atom. The van der Waals surface area contributed by atoms with Crippen molar-refractivity contribution in [1.82, 2.24) is 10.3 Å². The number of benzene rings is 2. The van der Waals surface area contributed by atoms with E-state index in [0.717, 1.165) is 49.6 Å². The molecule has 0 spiro atoms. The summed E-state index contributed by atoms with van der Waals surface area (Å²) >= 11 is 0. The molecule has 4 rings (SSSR count). The summed E-state index contributed by atoms with van der Waals surface area (Å²) in [5.74, 6) is 0.120. The Morgan fingerprint density at radius 2 is 1.58 bits per heavy atom. The number of aromatic nitrogens is 1. The normalized spacial score (nSPS) is 12.8. The highest BCUT2D eigenvalue weighted by Gasteiger charge is 2.22. The highest BCUT2D eigenvalue weighted by Crippen LogP contribution is 2.28. The third-order valence-corrected chi connectivity index (χ3v) is 6.01. The van der Waals surface area contributed by atoms with Crippen LogP contribution in [0.25, 0.3) is 10.9 Å². The lowest BCUT2D eigenvalue weighted by Crippen LogP contribution is -2.31. The van der Waals surface area contributed by atoms with E-state index in [1.807, 2.05) is 19.9 Å². The van der Waals surface area contributed by atoms with Crippen LogP contribution >= 0.6 is 0 Å². The number of phenolic OH excluding ortho intramolecular Hbond substituents is 1. The van der Waals surface area contributed by atoms with Gasteiger partial charge < -0.3 is 20.9 Å². The second-order valence-electron chi connectivity index (χ2n) is 7.76. The quantitative estimate of drug-likeness (QED) is 0.560. The Balaban J connectivity index is 0.00000111. The molecule has 0 fully saturated rings. The maximum absolute atomic E-state index is 11.6. The molecule has 1 heterocycles. The second kappa shape index (κ2) is 11.1. The van der Waals surface area contributed by atoms with Crippen LogP contribution < -0.4 is 10.9 Å². The number of aromatic hydroxyl groups is 1. The molecule has 0 amide bonds. The molecule has 31 heavy (non-hydrogen) atoms.